The molecule has 0 saturated heterocycles. The highest BCUT2D eigenvalue weighted by Gasteiger charge is 2.61. The summed E-state index contributed by atoms with van der Waals surface area (Å²) in [6.45, 7) is 6.45. The van der Waals surface area contributed by atoms with Crippen LogP contribution < -0.4 is 0 Å². The first-order valence-electron chi connectivity index (χ1n) is 9.73. The van der Waals surface area contributed by atoms with Crippen molar-refractivity contribution >= 4 is 12.1 Å². The van der Waals surface area contributed by atoms with Crippen LogP contribution in [0.15, 0.2) is 35.1 Å². The van der Waals surface area contributed by atoms with E-state index in [-0.39, 0.29) is 34.2 Å². The Kier molecular flexibility index (Phi) is 3.85. The van der Waals surface area contributed by atoms with Crippen LogP contribution in [0.25, 0.3) is 0 Å². The van der Waals surface area contributed by atoms with Crippen LogP contribution in [0.5, 0.6) is 0 Å². The van der Waals surface area contributed by atoms with E-state index in [2.05, 4.69) is 20.8 Å². The second kappa shape index (κ2) is 5.66. The molecule has 0 aromatic rings. The molecule has 3 fully saturated rings. The third-order valence-electron chi connectivity index (χ3n) is 8.02. The molecule has 0 radical (unpaired) electrons. The topological polar surface area (TPSA) is 74.6 Å². The molecule has 0 unspecified atom stereocenters. The second-order valence-electron chi connectivity index (χ2n) is 9.26. The van der Waals surface area contributed by atoms with E-state index in [1.165, 1.54) is 0 Å². The Balaban J connectivity index is 1.80. The van der Waals surface area contributed by atoms with Crippen LogP contribution in [0, 0.1) is 34.5 Å². The van der Waals surface area contributed by atoms with Gasteiger partial charge in [0, 0.05) is 11.3 Å². The highest BCUT2D eigenvalue weighted by atomic mass is 16.3. The van der Waals surface area contributed by atoms with Gasteiger partial charge in [0.2, 0.25) is 0 Å². The smallest absolute Gasteiger partial charge is 0.184 e. The Bertz CT molecular complexity index is 760. The monoisotopic (exact) mass is 356 g/mol. The first-order valence-corrected chi connectivity index (χ1v) is 9.73. The number of rotatable bonds is 1. The normalized spacial score (nSPS) is 49.0. The maximum atomic E-state index is 11.9. The van der Waals surface area contributed by atoms with Crippen LogP contribution in [0.2, 0.25) is 0 Å². The molecule has 0 heterocycles. The average Bonchev–Trinajstić information content (AvgIpc) is 2.92. The lowest BCUT2D eigenvalue weighted by atomic mass is 9.45. The van der Waals surface area contributed by atoms with Gasteiger partial charge in [0.1, 0.15) is 0 Å². The van der Waals surface area contributed by atoms with Crippen LogP contribution in [0.4, 0.5) is 0 Å². The number of aliphatic hydroxyl groups excluding tert-OH is 2. The summed E-state index contributed by atoms with van der Waals surface area (Å²) in [5, 5.41) is 21.3. The van der Waals surface area contributed by atoms with Gasteiger partial charge < -0.3 is 10.2 Å². The molecule has 0 amide bonds. The molecule has 2 N–H and O–H groups in total. The number of hydrogen-bond donors (Lipinski definition) is 2. The standard InChI is InChI=1S/C22H28O4/c1-12-8-14-15-4-5-16(19(26)11-23)22(15,3)10-18(25)20(14)21(2)7-6-13(24)9-17(12)21/h6-7,9,11-12,14-15,18,20,25-26H,4-5,8,10H2,1-3H3/t12-,14-,15-,18-,20+,21-,22-/m0/s1. The number of fused-ring (bicyclic) bond motifs is 5. The van der Waals surface area contributed by atoms with E-state index in [0.29, 0.717) is 24.5 Å². The molecular formula is C22H28O4. The van der Waals surface area contributed by atoms with Crippen molar-refractivity contribution in [3.05, 3.63) is 35.1 Å². The lowest BCUT2D eigenvalue weighted by Gasteiger charge is -2.59. The minimum Gasteiger partial charge on any atom is -0.505 e. The molecule has 0 aromatic carbocycles. The molecule has 0 spiro atoms. The summed E-state index contributed by atoms with van der Waals surface area (Å²) in [5.41, 5.74) is 1.36. The summed E-state index contributed by atoms with van der Waals surface area (Å²) >= 11 is 0. The van der Waals surface area contributed by atoms with E-state index < -0.39 is 6.10 Å². The molecule has 0 aromatic heterocycles. The zero-order valence-electron chi connectivity index (χ0n) is 15.7. The third kappa shape index (κ3) is 2.17. The molecule has 4 nitrogen and oxygen atoms in total. The third-order valence-corrected chi connectivity index (χ3v) is 8.02. The number of allylic oxidation sites excluding steroid dienone is 6. The SMILES string of the molecule is C[C@H]1C[C@@H]2[C@H]([C@@H](O)C[C@]3(C)C(=C(O)C=O)CC[C@@H]23)[C@@]2(C)C=CC(=O)C=C12. The van der Waals surface area contributed by atoms with Gasteiger partial charge in [-0.15, -0.1) is 0 Å². The number of hydrogen-bond acceptors (Lipinski definition) is 4. The van der Waals surface area contributed by atoms with Crippen molar-refractivity contribution in [3.8, 4) is 0 Å². The lowest BCUT2D eigenvalue weighted by Crippen LogP contribution is -2.56. The average molecular weight is 356 g/mol. The number of aliphatic hydroxyl groups is 2. The first-order chi connectivity index (χ1) is 12.2. The molecule has 7 atom stereocenters. The highest BCUT2D eigenvalue weighted by molar-refractivity contribution is 6.01. The van der Waals surface area contributed by atoms with Crippen molar-refractivity contribution in [1.29, 1.82) is 0 Å². The van der Waals surface area contributed by atoms with Gasteiger partial charge >= 0.3 is 0 Å². The summed E-state index contributed by atoms with van der Waals surface area (Å²) in [5.74, 6) is 0.928. The van der Waals surface area contributed by atoms with Gasteiger partial charge in [0.25, 0.3) is 0 Å². The van der Waals surface area contributed by atoms with Gasteiger partial charge in [-0.05, 0) is 66.6 Å². The quantitative estimate of drug-likeness (QED) is 0.428. The molecular weight excluding hydrogens is 328 g/mol. The first kappa shape index (κ1) is 17.7. The molecule has 140 valence electrons. The number of carbonyl (C=O) groups excluding carboxylic acids is 2. The van der Waals surface area contributed by atoms with E-state index in [0.717, 1.165) is 30.4 Å². The fourth-order valence-corrected chi connectivity index (χ4v) is 7.05. The van der Waals surface area contributed by atoms with Gasteiger partial charge in [-0.1, -0.05) is 32.4 Å². The molecule has 4 aliphatic carbocycles. The maximum Gasteiger partial charge on any atom is 0.184 e. The Morgan fingerprint density at radius 2 is 2.08 bits per heavy atom. The second-order valence-corrected chi connectivity index (χ2v) is 9.26. The van der Waals surface area contributed by atoms with Gasteiger partial charge in [0.05, 0.1) is 6.10 Å². The van der Waals surface area contributed by atoms with Crippen molar-refractivity contribution in [2.24, 2.45) is 34.5 Å². The number of aldehydes is 1. The fourth-order valence-electron chi connectivity index (χ4n) is 7.05. The van der Waals surface area contributed by atoms with Crippen molar-refractivity contribution in [2.45, 2.75) is 52.6 Å². The molecule has 0 aliphatic heterocycles. The van der Waals surface area contributed by atoms with Crippen molar-refractivity contribution in [2.75, 3.05) is 0 Å². The van der Waals surface area contributed by atoms with Crippen molar-refractivity contribution in [3.63, 3.8) is 0 Å². The largest absolute Gasteiger partial charge is 0.505 e. The van der Waals surface area contributed by atoms with Gasteiger partial charge in [-0.2, -0.15) is 0 Å². The van der Waals surface area contributed by atoms with E-state index >= 15 is 0 Å². The predicted octanol–water partition coefficient (Wildman–Crippen LogP) is 3.52. The van der Waals surface area contributed by atoms with Gasteiger partial charge in [-0.3, -0.25) is 9.59 Å². The lowest BCUT2D eigenvalue weighted by molar-refractivity contribution is -0.114. The summed E-state index contributed by atoms with van der Waals surface area (Å²) in [6, 6.07) is 0. The summed E-state index contributed by atoms with van der Waals surface area (Å²) in [7, 11) is 0. The van der Waals surface area contributed by atoms with Crippen LogP contribution in [0.1, 0.15) is 46.5 Å². The maximum absolute atomic E-state index is 11.9. The molecule has 26 heavy (non-hydrogen) atoms. The predicted molar refractivity (Wildman–Crippen MR) is 98.3 cm³/mol. The Hall–Kier alpha value is -1.68. The van der Waals surface area contributed by atoms with Crippen LogP contribution >= 0.6 is 0 Å². The van der Waals surface area contributed by atoms with Gasteiger partial charge in [0.15, 0.2) is 17.8 Å². The van der Waals surface area contributed by atoms with Crippen LogP contribution in [-0.4, -0.2) is 28.4 Å². The number of ketones is 1. The van der Waals surface area contributed by atoms with E-state index in [4.69, 9.17) is 0 Å². The Labute approximate surface area is 154 Å². The van der Waals surface area contributed by atoms with E-state index in [1.54, 1.807) is 12.2 Å². The summed E-state index contributed by atoms with van der Waals surface area (Å²) < 4.78 is 0. The zero-order chi connectivity index (χ0) is 18.9. The van der Waals surface area contributed by atoms with Crippen LogP contribution in [0.3, 0.4) is 0 Å². The molecule has 3 saturated carbocycles. The molecule has 4 aliphatic rings. The van der Waals surface area contributed by atoms with E-state index in [9.17, 15) is 19.8 Å². The van der Waals surface area contributed by atoms with Crippen LogP contribution in [-0.2, 0) is 9.59 Å². The summed E-state index contributed by atoms with van der Waals surface area (Å²) in [4.78, 5) is 23.1. The molecule has 0 bridgehead atoms. The van der Waals surface area contributed by atoms with Crippen molar-refractivity contribution < 1.29 is 19.8 Å². The minimum atomic E-state index is -0.521. The van der Waals surface area contributed by atoms with Gasteiger partial charge in [-0.25, -0.2) is 0 Å². The Morgan fingerprint density at radius 1 is 1.35 bits per heavy atom. The Morgan fingerprint density at radius 3 is 2.77 bits per heavy atom. The number of carbonyl (C=O) groups is 2. The zero-order valence-corrected chi connectivity index (χ0v) is 15.7. The summed E-state index contributed by atoms with van der Waals surface area (Å²) in [6.07, 6.45) is 8.64. The van der Waals surface area contributed by atoms with E-state index in [1.807, 2.05) is 6.08 Å². The van der Waals surface area contributed by atoms with Crippen molar-refractivity contribution in [1.82, 2.24) is 0 Å². The minimum absolute atomic E-state index is 0.0416. The highest BCUT2D eigenvalue weighted by Crippen LogP contribution is 2.66. The fraction of sp³-hybridized carbons (Fsp3) is 0.636. The molecule has 4 heteroatoms. The molecule has 4 rings (SSSR count).